The fourth-order valence-corrected chi connectivity index (χ4v) is 2.15. The largest absolute Gasteiger partial charge is 0.443 e. The van der Waals surface area contributed by atoms with Crippen LogP contribution < -0.4 is 11.1 Å². The summed E-state index contributed by atoms with van der Waals surface area (Å²) in [5.74, 6) is -0.807. The van der Waals surface area contributed by atoms with Gasteiger partial charge in [-0.2, -0.15) is 0 Å². The van der Waals surface area contributed by atoms with Gasteiger partial charge in [-0.05, 0) is 32.6 Å². The third-order valence-electron chi connectivity index (χ3n) is 3.58. The van der Waals surface area contributed by atoms with Crippen LogP contribution >= 0.6 is 0 Å². The SMILES string of the molecule is CC1(OC(=O)NCC(=O)N2CCCC2C(N)=O)CC1. The van der Waals surface area contributed by atoms with Crippen LogP contribution in [0.4, 0.5) is 4.79 Å². The van der Waals surface area contributed by atoms with Crippen molar-refractivity contribution in [3.63, 3.8) is 0 Å². The van der Waals surface area contributed by atoms with Crippen molar-refractivity contribution in [2.75, 3.05) is 13.1 Å². The standard InChI is InChI=1S/C12H19N3O4/c1-12(4-5-12)19-11(18)14-7-9(16)15-6-2-3-8(15)10(13)17/h8H,2-7H2,1H3,(H2,13,17)(H,14,18). The maximum Gasteiger partial charge on any atom is 0.408 e. The Morgan fingerprint density at radius 3 is 2.68 bits per heavy atom. The van der Waals surface area contributed by atoms with Crippen molar-refractivity contribution in [3.05, 3.63) is 0 Å². The highest BCUT2D eigenvalue weighted by molar-refractivity contribution is 5.89. The molecule has 106 valence electrons. The number of amides is 3. The molecule has 3 amide bonds. The van der Waals surface area contributed by atoms with Crippen molar-refractivity contribution >= 4 is 17.9 Å². The Labute approximate surface area is 111 Å². The Kier molecular flexibility index (Phi) is 3.64. The van der Waals surface area contributed by atoms with E-state index in [4.69, 9.17) is 10.5 Å². The summed E-state index contributed by atoms with van der Waals surface area (Å²) in [6, 6.07) is -0.550. The summed E-state index contributed by atoms with van der Waals surface area (Å²) >= 11 is 0. The second kappa shape index (κ2) is 5.07. The Balaban J connectivity index is 1.77. The number of ether oxygens (including phenoxy) is 1. The average molecular weight is 269 g/mol. The molecular weight excluding hydrogens is 250 g/mol. The Morgan fingerprint density at radius 2 is 2.11 bits per heavy atom. The molecule has 1 aliphatic carbocycles. The molecule has 0 aromatic rings. The second-order valence-corrected chi connectivity index (χ2v) is 5.34. The lowest BCUT2D eigenvalue weighted by Crippen LogP contribution is -2.47. The van der Waals surface area contributed by atoms with Crippen LogP contribution in [0.25, 0.3) is 0 Å². The van der Waals surface area contributed by atoms with Crippen LogP contribution in [-0.2, 0) is 14.3 Å². The Hall–Kier alpha value is -1.79. The summed E-state index contributed by atoms with van der Waals surface area (Å²) in [7, 11) is 0. The first-order valence-corrected chi connectivity index (χ1v) is 6.47. The molecule has 2 fully saturated rings. The lowest BCUT2D eigenvalue weighted by atomic mass is 10.2. The highest BCUT2D eigenvalue weighted by Gasteiger charge is 2.42. The lowest BCUT2D eigenvalue weighted by molar-refractivity contribution is -0.136. The molecule has 3 N–H and O–H groups in total. The van der Waals surface area contributed by atoms with Gasteiger partial charge in [-0.1, -0.05) is 0 Å². The maximum atomic E-state index is 11.9. The van der Waals surface area contributed by atoms with Gasteiger partial charge < -0.3 is 20.7 Å². The fourth-order valence-electron chi connectivity index (χ4n) is 2.15. The molecule has 1 heterocycles. The predicted octanol–water partition coefficient (Wildman–Crippen LogP) is -0.259. The van der Waals surface area contributed by atoms with Crippen LogP contribution in [0, 0.1) is 0 Å². The molecule has 7 heteroatoms. The molecule has 7 nitrogen and oxygen atoms in total. The van der Waals surface area contributed by atoms with Gasteiger partial charge in [-0.3, -0.25) is 9.59 Å². The van der Waals surface area contributed by atoms with E-state index in [0.717, 1.165) is 19.3 Å². The summed E-state index contributed by atoms with van der Waals surface area (Å²) in [6.07, 6.45) is 2.45. The molecule has 19 heavy (non-hydrogen) atoms. The van der Waals surface area contributed by atoms with Crippen molar-refractivity contribution < 1.29 is 19.1 Å². The first-order valence-electron chi connectivity index (χ1n) is 6.47. The highest BCUT2D eigenvalue weighted by atomic mass is 16.6. The second-order valence-electron chi connectivity index (χ2n) is 5.34. The van der Waals surface area contributed by atoms with Crippen LogP contribution in [0.15, 0.2) is 0 Å². The van der Waals surface area contributed by atoms with Gasteiger partial charge in [0.1, 0.15) is 18.2 Å². The highest BCUT2D eigenvalue weighted by Crippen LogP contribution is 2.38. The number of carbonyl (C=O) groups is 3. The predicted molar refractivity (Wildman–Crippen MR) is 66.1 cm³/mol. The van der Waals surface area contributed by atoms with Gasteiger partial charge in [0.15, 0.2) is 0 Å². The number of alkyl carbamates (subject to hydrolysis) is 1. The number of nitrogens with zero attached hydrogens (tertiary/aromatic N) is 1. The van der Waals surface area contributed by atoms with E-state index in [1.807, 2.05) is 6.92 Å². The van der Waals surface area contributed by atoms with E-state index >= 15 is 0 Å². The van der Waals surface area contributed by atoms with E-state index in [1.165, 1.54) is 4.90 Å². The molecule has 2 aliphatic rings. The van der Waals surface area contributed by atoms with Crippen LogP contribution in [0.3, 0.4) is 0 Å². The molecule has 1 aliphatic heterocycles. The van der Waals surface area contributed by atoms with Crippen molar-refractivity contribution in [2.45, 2.75) is 44.2 Å². The molecule has 0 aromatic heterocycles. The minimum absolute atomic E-state index is 0.168. The van der Waals surface area contributed by atoms with Crippen molar-refractivity contribution in [1.29, 1.82) is 0 Å². The number of primary amides is 1. The zero-order valence-electron chi connectivity index (χ0n) is 11.0. The molecule has 1 atom stereocenters. The van der Waals surface area contributed by atoms with Crippen LogP contribution in [0.1, 0.15) is 32.6 Å². The topological polar surface area (TPSA) is 102 Å². The molecule has 0 bridgehead atoms. The summed E-state index contributed by atoms with van der Waals surface area (Å²) in [6.45, 7) is 2.18. The Bertz CT molecular complexity index is 406. The summed E-state index contributed by atoms with van der Waals surface area (Å²) in [5.41, 5.74) is 4.86. The van der Waals surface area contributed by atoms with Gasteiger partial charge in [0.2, 0.25) is 11.8 Å². The number of hydrogen-bond donors (Lipinski definition) is 2. The van der Waals surface area contributed by atoms with Crippen LogP contribution in [0.5, 0.6) is 0 Å². The number of nitrogens with two attached hydrogens (primary N) is 1. The average Bonchev–Trinajstić information content (AvgIpc) is 2.89. The summed E-state index contributed by atoms with van der Waals surface area (Å²) in [5, 5.41) is 2.41. The van der Waals surface area contributed by atoms with Gasteiger partial charge in [-0.25, -0.2) is 4.79 Å². The number of hydrogen-bond acceptors (Lipinski definition) is 4. The monoisotopic (exact) mass is 269 g/mol. The van der Waals surface area contributed by atoms with Gasteiger partial charge in [-0.15, -0.1) is 0 Å². The Morgan fingerprint density at radius 1 is 1.42 bits per heavy atom. The van der Waals surface area contributed by atoms with E-state index < -0.39 is 18.0 Å². The normalized spacial score (nSPS) is 23.8. The first kappa shape index (κ1) is 13.6. The van der Waals surface area contributed by atoms with Crippen LogP contribution in [-0.4, -0.2) is 47.5 Å². The molecule has 1 unspecified atom stereocenters. The fraction of sp³-hybridized carbons (Fsp3) is 0.750. The van der Waals surface area contributed by atoms with E-state index in [9.17, 15) is 14.4 Å². The third-order valence-corrected chi connectivity index (χ3v) is 3.58. The van der Waals surface area contributed by atoms with Crippen molar-refractivity contribution in [3.8, 4) is 0 Å². The minimum Gasteiger partial charge on any atom is -0.443 e. The van der Waals surface area contributed by atoms with E-state index in [-0.39, 0.29) is 18.1 Å². The molecule has 1 saturated carbocycles. The van der Waals surface area contributed by atoms with E-state index in [2.05, 4.69) is 5.32 Å². The quantitative estimate of drug-likeness (QED) is 0.734. The first-order chi connectivity index (χ1) is 8.91. The molecular formula is C12H19N3O4. The maximum absolute atomic E-state index is 11.9. The molecule has 0 spiro atoms. The number of rotatable bonds is 4. The third kappa shape index (κ3) is 3.36. The number of likely N-dealkylation sites (tertiary alicyclic amines) is 1. The van der Waals surface area contributed by atoms with Crippen molar-refractivity contribution in [1.82, 2.24) is 10.2 Å². The summed E-state index contributed by atoms with van der Waals surface area (Å²) in [4.78, 5) is 35.9. The van der Waals surface area contributed by atoms with Gasteiger partial charge in [0.25, 0.3) is 0 Å². The minimum atomic E-state index is -0.594. The van der Waals surface area contributed by atoms with Crippen molar-refractivity contribution in [2.24, 2.45) is 5.73 Å². The number of carbonyl (C=O) groups excluding carboxylic acids is 3. The molecule has 0 radical (unpaired) electrons. The van der Waals surface area contributed by atoms with E-state index in [1.54, 1.807) is 0 Å². The van der Waals surface area contributed by atoms with Gasteiger partial charge >= 0.3 is 6.09 Å². The molecule has 2 rings (SSSR count). The lowest BCUT2D eigenvalue weighted by Gasteiger charge is -2.22. The van der Waals surface area contributed by atoms with E-state index in [0.29, 0.717) is 13.0 Å². The summed E-state index contributed by atoms with van der Waals surface area (Å²) < 4.78 is 5.12. The van der Waals surface area contributed by atoms with Gasteiger partial charge in [0.05, 0.1) is 0 Å². The number of nitrogens with one attached hydrogen (secondary N) is 1. The van der Waals surface area contributed by atoms with Crippen LogP contribution in [0.2, 0.25) is 0 Å². The molecule has 0 aromatic carbocycles. The van der Waals surface area contributed by atoms with Gasteiger partial charge in [0, 0.05) is 6.54 Å². The zero-order chi connectivity index (χ0) is 14.0. The smallest absolute Gasteiger partial charge is 0.408 e. The molecule has 1 saturated heterocycles. The zero-order valence-corrected chi connectivity index (χ0v) is 11.0.